The first-order chi connectivity index (χ1) is 7.72. The van der Waals surface area contributed by atoms with Crippen LogP contribution in [-0.2, 0) is 11.2 Å². The van der Waals surface area contributed by atoms with Crippen LogP contribution in [-0.4, -0.2) is 17.3 Å². The normalized spacial score (nSPS) is 12.4. The molecule has 0 saturated heterocycles. The summed E-state index contributed by atoms with van der Waals surface area (Å²) in [5, 5.41) is 2.90. The molecule has 0 fully saturated rings. The summed E-state index contributed by atoms with van der Waals surface area (Å²) < 4.78 is 5.16. The zero-order valence-corrected chi connectivity index (χ0v) is 11.1. The van der Waals surface area contributed by atoms with E-state index in [4.69, 9.17) is 4.42 Å². The molecule has 4 heteroatoms. The van der Waals surface area contributed by atoms with E-state index in [1.165, 1.54) is 0 Å². The second-order valence-corrected chi connectivity index (χ2v) is 5.02. The topological polar surface area (TPSA) is 42.2 Å². The number of rotatable bonds is 7. The molecule has 0 spiro atoms. The first-order valence-corrected chi connectivity index (χ1v) is 6.57. The van der Waals surface area contributed by atoms with Crippen LogP contribution in [0, 0.1) is 0 Å². The summed E-state index contributed by atoms with van der Waals surface area (Å²) in [4.78, 5) is 11.9. The number of carbonyl (C=O) groups excluding carboxylic acids is 1. The summed E-state index contributed by atoms with van der Waals surface area (Å²) in [7, 11) is 0. The lowest BCUT2D eigenvalue weighted by Gasteiger charge is -2.07. The standard InChI is InChI=1S/C12H18BrNO2/c1-2-10(13)7-8-14-12(15)6-5-11-4-3-9-16-11/h3-4,9-10H,2,5-8H2,1H3,(H,14,15). The van der Waals surface area contributed by atoms with E-state index < -0.39 is 0 Å². The van der Waals surface area contributed by atoms with Crippen molar-refractivity contribution in [2.45, 2.75) is 37.4 Å². The van der Waals surface area contributed by atoms with Gasteiger partial charge >= 0.3 is 0 Å². The van der Waals surface area contributed by atoms with E-state index in [-0.39, 0.29) is 5.91 Å². The summed E-state index contributed by atoms with van der Waals surface area (Å²) in [6.07, 6.45) is 4.85. The van der Waals surface area contributed by atoms with E-state index >= 15 is 0 Å². The maximum absolute atomic E-state index is 11.4. The van der Waals surface area contributed by atoms with Gasteiger partial charge in [-0.25, -0.2) is 0 Å². The molecule has 90 valence electrons. The molecule has 3 nitrogen and oxygen atoms in total. The second kappa shape index (κ2) is 7.49. The molecule has 1 atom stereocenters. The van der Waals surface area contributed by atoms with Crippen molar-refractivity contribution >= 4 is 21.8 Å². The Bertz CT molecular complexity index is 298. The molecule has 0 aliphatic heterocycles. The lowest BCUT2D eigenvalue weighted by molar-refractivity contribution is -0.121. The lowest BCUT2D eigenvalue weighted by Crippen LogP contribution is -2.26. The van der Waals surface area contributed by atoms with Gasteiger partial charge in [0.2, 0.25) is 5.91 Å². The molecule has 1 N–H and O–H groups in total. The molecule has 0 aliphatic rings. The van der Waals surface area contributed by atoms with Gasteiger partial charge in [-0.05, 0) is 25.0 Å². The van der Waals surface area contributed by atoms with Crippen molar-refractivity contribution in [3.8, 4) is 0 Å². The van der Waals surface area contributed by atoms with Gasteiger partial charge < -0.3 is 9.73 Å². The third-order valence-electron chi connectivity index (χ3n) is 2.40. The quantitative estimate of drug-likeness (QED) is 0.784. The van der Waals surface area contributed by atoms with Gasteiger partial charge in [0.25, 0.3) is 0 Å². The van der Waals surface area contributed by atoms with Gasteiger partial charge in [-0.2, -0.15) is 0 Å². The fourth-order valence-electron chi connectivity index (χ4n) is 1.35. The highest BCUT2D eigenvalue weighted by Gasteiger charge is 2.05. The van der Waals surface area contributed by atoms with Gasteiger partial charge in [-0.1, -0.05) is 22.9 Å². The van der Waals surface area contributed by atoms with Gasteiger partial charge in [-0.3, -0.25) is 4.79 Å². The van der Waals surface area contributed by atoms with E-state index in [0.29, 0.717) is 17.7 Å². The number of amides is 1. The molecular formula is C12H18BrNO2. The summed E-state index contributed by atoms with van der Waals surface area (Å²) in [6.45, 7) is 2.86. The highest BCUT2D eigenvalue weighted by Crippen LogP contribution is 2.08. The van der Waals surface area contributed by atoms with E-state index in [0.717, 1.165) is 25.1 Å². The summed E-state index contributed by atoms with van der Waals surface area (Å²) >= 11 is 3.53. The average molecular weight is 288 g/mol. The van der Waals surface area contributed by atoms with Gasteiger partial charge in [0, 0.05) is 24.2 Å². The van der Waals surface area contributed by atoms with Crippen LogP contribution < -0.4 is 5.32 Å². The molecule has 1 aromatic heterocycles. The van der Waals surface area contributed by atoms with Gasteiger partial charge in [0.05, 0.1) is 6.26 Å². The van der Waals surface area contributed by atoms with Crippen molar-refractivity contribution in [2.75, 3.05) is 6.54 Å². The number of halogens is 1. The maximum Gasteiger partial charge on any atom is 0.220 e. The maximum atomic E-state index is 11.4. The van der Waals surface area contributed by atoms with Gasteiger partial charge in [-0.15, -0.1) is 0 Å². The molecule has 0 aliphatic carbocycles. The van der Waals surface area contributed by atoms with Crippen LogP contribution in [0.1, 0.15) is 31.9 Å². The van der Waals surface area contributed by atoms with Crippen molar-refractivity contribution in [1.29, 1.82) is 0 Å². The molecule has 0 radical (unpaired) electrons. The molecule has 1 rings (SSSR count). The number of aryl methyl sites for hydroxylation is 1. The van der Waals surface area contributed by atoms with Crippen molar-refractivity contribution in [1.82, 2.24) is 5.32 Å². The van der Waals surface area contributed by atoms with E-state index in [9.17, 15) is 4.79 Å². The number of hydrogen-bond donors (Lipinski definition) is 1. The van der Waals surface area contributed by atoms with E-state index in [1.807, 2.05) is 12.1 Å². The number of carbonyl (C=O) groups is 1. The third kappa shape index (κ3) is 5.35. The summed E-state index contributed by atoms with van der Waals surface area (Å²) in [6, 6.07) is 3.72. The van der Waals surface area contributed by atoms with E-state index in [2.05, 4.69) is 28.2 Å². The zero-order chi connectivity index (χ0) is 11.8. The molecule has 0 saturated carbocycles. The molecule has 0 aromatic carbocycles. The van der Waals surface area contributed by atoms with Gasteiger partial charge in [0.15, 0.2) is 0 Å². The molecule has 1 aromatic rings. The Balaban J connectivity index is 2.07. The number of nitrogens with one attached hydrogen (secondary N) is 1. The smallest absolute Gasteiger partial charge is 0.220 e. The monoisotopic (exact) mass is 287 g/mol. The highest BCUT2D eigenvalue weighted by atomic mass is 79.9. The minimum Gasteiger partial charge on any atom is -0.469 e. The van der Waals surface area contributed by atoms with Crippen molar-refractivity contribution < 1.29 is 9.21 Å². The Morgan fingerprint density at radius 3 is 3.06 bits per heavy atom. The zero-order valence-electron chi connectivity index (χ0n) is 9.54. The van der Waals surface area contributed by atoms with Crippen LogP contribution >= 0.6 is 15.9 Å². The molecule has 0 bridgehead atoms. The Morgan fingerprint density at radius 1 is 1.62 bits per heavy atom. The van der Waals surface area contributed by atoms with E-state index in [1.54, 1.807) is 6.26 Å². The summed E-state index contributed by atoms with van der Waals surface area (Å²) in [5.41, 5.74) is 0. The van der Waals surface area contributed by atoms with Crippen molar-refractivity contribution in [2.24, 2.45) is 0 Å². The SMILES string of the molecule is CCC(Br)CCNC(=O)CCc1ccco1. The minimum atomic E-state index is 0.0900. The molecule has 1 heterocycles. The first-order valence-electron chi connectivity index (χ1n) is 5.65. The Kier molecular flexibility index (Phi) is 6.23. The Hall–Kier alpha value is -0.770. The molecule has 1 unspecified atom stereocenters. The molecule has 1 amide bonds. The average Bonchev–Trinajstić information content (AvgIpc) is 2.79. The molecule has 16 heavy (non-hydrogen) atoms. The second-order valence-electron chi connectivity index (χ2n) is 3.72. The van der Waals surface area contributed by atoms with Crippen LogP contribution in [0.5, 0.6) is 0 Å². The number of hydrogen-bond acceptors (Lipinski definition) is 2. The van der Waals surface area contributed by atoms with Crippen molar-refractivity contribution in [3.05, 3.63) is 24.2 Å². The van der Waals surface area contributed by atoms with Crippen LogP contribution in [0.3, 0.4) is 0 Å². The lowest BCUT2D eigenvalue weighted by atomic mass is 10.2. The van der Waals surface area contributed by atoms with Crippen LogP contribution in [0.15, 0.2) is 22.8 Å². The van der Waals surface area contributed by atoms with Gasteiger partial charge in [0.1, 0.15) is 5.76 Å². The minimum absolute atomic E-state index is 0.0900. The first kappa shape index (κ1) is 13.3. The number of alkyl halides is 1. The predicted octanol–water partition coefficient (Wildman–Crippen LogP) is 2.89. The van der Waals surface area contributed by atoms with Crippen LogP contribution in [0.25, 0.3) is 0 Å². The number of furan rings is 1. The highest BCUT2D eigenvalue weighted by molar-refractivity contribution is 9.09. The summed E-state index contributed by atoms with van der Waals surface area (Å²) in [5.74, 6) is 0.953. The fraction of sp³-hybridized carbons (Fsp3) is 0.583. The predicted molar refractivity (Wildman–Crippen MR) is 67.7 cm³/mol. The van der Waals surface area contributed by atoms with Crippen LogP contribution in [0.2, 0.25) is 0 Å². The third-order valence-corrected chi connectivity index (χ3v) is 3.51. The largest absolute Gasteiger partial charge is 0.469 e. The Labute approximate surface area is 105 Å². The molecular weight excluding hydrogens is 270 g/mol. The fourth-order valence-corrected chi connectivity index (χ4v) is 1.58. The van der Waals surface area contributed by atoms with Crippen molar-refractivity contribution in [3.63, 3.8) is 0 Å². The Morgan fingerprint density at radius 2 is 2.44 bits per heavy atom. The van der Waals surface area contributed by atoms with Crippen LogP contribution in [0.4, 0.5) is 0 Å².